The molecule has 1 N–H and O–H groups in total. The van der Waals surface area contributed by atoms with Gasteiger partial charge in [0.1, 0.15) is 0 Å². The maximum atomic E-state index is 5.94. The van der Waals surface area contributed by atoms with Crippen LogP contribution in [0.5, 0.6) is 0 Å². The smallest absolute Gasteiger partial charge is 0.0741 e. The zero-order chi connectivity index (χ0) is 14.3. The van der Waals surface area contributed by atoms with Gasteiger partial charge in [0.05, 0.1) is 17.7 Å². The van der Waals surface area contributed by atoms with Crippen LogP contribution in [-0.4, -0.2) is 32.5 Å². The summed E-state index contributed by atoms with van der Waals surface area (Å²) in [5, 5.41) is 3.32. The summed E-state index contributed by atoms with van der Waals surface area (Å²) in [6.45, 7) is 6.96. The lowest BCUT2D eigenvalue weighted by Gasteiger charge is -2.27. The predicted molar refractivity (Wildman–Crippen MR) is 79.4 cm³/mol. The quantitative estimate of drug-likeness (QED) is 0.783. The number of hydrogen-bond donors (Lipinski definition) is 1. The first-order chi connectivity index (χ1) is 9.00. The number of benzene rings is 1. The Morgan fingerprint density at radius 3 is 2.37 bits per heavy atom. The summed E-state index contributed by atoms with van der Waals surface area (Å²) in [6, 6.07) is 10.6. The van der Waals surface area contributed by atoms with Gasteiger partial charge in [0.25, 0.3) is 0 Å². The second-order valence-electron chi connectivity index (χ2n) is 5.47. The molecule has 2 atom stereocenters. The molecule has 1 aromatic carbocycles. The third-order valence-electron chi connectivity index (χ3n) is 3.58. The van der Waals surface area contributed by atoms with E-state index in [1.807, 2.05) is 13.1 Å². The largest absolute Gasteiger partial charge is 0.379 e. The van der Waals surface area contributed by atoms with Crippen LogP contribution in [0.3, 0.4) is 0 Å². The molecule has 0 fully saturated rings. The minimum Gasteiger partial charge on any atom is -0.379 e. The summed E-state index contributed by atoms with van der Waals surface area (Å²) in [5.41, 5.74) is 1.13. The Hall–Kier alpha value is -0.900. The molecular weight excluding hydrogens is 238 g/mol. The topological polar surface area (TPSA) is 30.5 Å². The SMILES string of the molecule is CNC(c1ccccc1)C(C)OCCC(C)(C)OC. The molecular formula is C16H27NO2. The maximum Gasteiger partial charge on any atom is 0.0741 e. The van der Waals surface area contributed by atoms with E-state index in [9.17, 15) is 0 Å². The summed E-state index contributed by atoms with van der Waals surface area (Å²) < 4.78 is 11.3. The summed E-state index contributed by atoms with van der Waals surface area (Å²) in [5.74, 6) is 0. The molecule has 0 bridgehead atoms. The minimum atomic E-state index is -0.123. The molecule has 0 aliphatic carbocycles. The van der Waals surface area contributed by atoms with Crippen molar-refractivity contribution in [2.45, 2.75) is 44.9 Å². The monoisotopic (exact) mass is 265 g/mol. The Morgan fingerprint density at radius 1 is 1.21 bits per heavy atom. The average molecular weight is 265 g/mol. The van der Waals surface area contributed by atoms with Crippen LogP contribution in [0, 0.1) is 0 Å². The molecule has 0 saturated carbocycles. The molecule has 0 saturated heterocycles. The van der Waals surface area contributed by atoms with Crippen molar-refractivity contribution in [2.75, 3.05) is 20.8 Å². The van der Waals surface area contributed by atoms with E-state index in [0.717, 1.165) is 6.42 Å². The number of ether oxygens (including phenoxy) is 2. The minimum absolute atomic E-state index is 0.123. The molecule has 0 spiro atoms. The molecule has 0 aromatic heterocycles. The van der Waals surface area contributed by atoms with Gasteiger partial charge >= 0.3 is 0 Å². The van der Waals surface area contributed by atoms with Crippen molar-refractivity contribution < 1.29 is 9.47 Å². The van der Waals surface area contributed by atoms with Gasteiger partial charge in [0, 0.05) is 13.7 Å². The van der Waals surface area contributed by atoms with Crippen molar-refractivity contribution in [2.24, 2.45) is 0 Å². The molecule has 0 radical (unpaired) electrons. The van der Waals surface area contributed by atoms with Gasteiger partial charge in [0.2, 0.25) is 0 Å². The van der Waals surface area contributed by atoms with Gasteiger partial charge in [-0.3, -0.25) is 0 Å². The van der Waals surface area contributed by atoms with Crippen molar-refractivity contribution >= 4 is 0 Å². The Kier molecular flexibility index (Phi) is 6.49. The van der Waals surface area contributed by atoms with Crippen molar-refractivity contribution in [1.82, 2.24) is 5.32 Å². The molecule has 0 heterocycles. The van der Waals surface area contributed by atoms with E-state index in [4.69, 9.17) is 9.47 Å². The van der Waals surface area contributed by atoms with E-state index in [1.54, 1.807) is 7.11 Å². The van der Waals surface area contributed by atoms with E-state index in [-0.39, 0.29) is 17.7 Å². The molecule has 0 aliphatic heterocycles. The molecule has 108 valence electrons. The maximum absolute atomic E-state index is 5.94. The van der Waals surface area contributed by atoms with E-state index < -0.39 is 0 Å². The first-order valence-corrected chi connectivity index (χ1v) is 6.89. The molecule has 19 heavy (non-hydrogen) atoms. The van der Waals surface area contributed by atoms with Crippen molar-refractivity contribution in [3.05, 3.63) is 35.9 Å². The van der Waals surface area contributed by atoms with Crippen LogP contribution >= 0.6 is 0 Å². The lowest BCUT2D eigenvalue weighted by atomic mass is 10.0. The zero-order valence-electron chi connectivity index (χ0n) is 12.8. The number of methoxy groups -OCH3 is 1. The fraction of sp³-hybridized carbons (Fsp3) is 0.625. The summed E-state index contributed by atoms with van der Waals surface area (Å²) in [7, 11) is 3.71. The molecule has 0 amide bonds. The second-order valence-corrected chi connectivity index (χ2v) is 5.47. The lowest BCUT2D eigenvalue weighted by molar-refractivity contribution is -0.0301. The highest BCUT2D eigenvalue weighted by Gasteiger charge is 2.20. The van der Waals surface area contributed by atoms with Crippen LogP contribution in [-0.2, 0) is 9.47 Å². The number of likely N-dealkylation sites (N-methyl/N-ethyl adjacent to an activating group) is 1. The van der Waals surface area contributed by atoms with Gasteiger partial charge in [-0.05, 0) is 39.8 Å². The van der Waals surface area contributed by atoms with Crippen molar-refractivity contribution in [3.63, 3.8) is 0 Å². The number of nitrogens with one attached hydrogen (secondary N) is 1. The van der Waals surface area contributed by atoms with Gasteiger partial charge in [-0.25, -0.2) is 0 Å². The highest BCUT2D eigenvalue weighted by molar-refractivity contribution is 5.19. The van der Waals surface area contributed by atoms with E-state index in [1.165, 1.54) is 5.56 Å². The average Bonchev–Trinajstić information content (AvgIpc) is 2.40. The zero-order valence-corrected chi connectivity index (χ0v) is 12.8. The molecule has 0 aliphatic rings. The highest BCUT2D eigenvalue weighted by Crippen LogP contribution is 2.20. The Bertz CT molecular complexity index is 351. The number of hydrogen-bond acceptors (Lipinski definition) is 3. The highest BCUT2D eigenvalue weighted by atomic mass is 16.5. The fourth-order valence-corrected chi connectivity index (χ4v) is 2.02. The number of rotatable bonds is 8. The van der Waals surface area contributed by atoms with Crippen LogP contribution in [0.2, 0.25) is 0 Å². The predicted octanol–water partition coefficient (Wildman–Crippen LogP) is 3.17. The lowest BCUT2D eigenvalue weighted by Crippen LogP contribution is -2.31. The normalized spacial score (nSPS) is 15.2. The van der Waals surface area contributed by atoms with Gasteiger partial charge in [-0.1, -0.05) is 30.3 Å². The molecule has 3 nitrogen and oxygen atoms in total. The Balaban J connectivity index is 2.49. The first kappa shape index (κ1) is 16.2. The fourth-order valence-electron chi connectivity index (χ4n) is 2.02. The molecule has 1 rings (SSSR count). The molecule has 3 heteroatoms. The summed E-state index contributed by atoms with van der Waals surface area (Å²) in [4.78, 5) is 0. The summed E-state index contributed by atoms with van der Waals surface area (Å²) in [6.07, 6.45) is 1.01. The van der Waals surface area contributed by atoms with E-state index >= 15 is 0 Å². The first-order valence-electron chi connectivity index (χ1n) is 6.89. The van der Waals surface area contributed by atoms with Gasteiger partial charge in [0.15, 0.2) is 0 Å². The third-order valence-corrected chi connectivity index (χ3v) is 3.58. The second kappa shape index (κ2) is 7.63. The Morgan fingerprint density at radius 2 is 1.84 bits per heavy atom. The molecule has 2 unspecified atom stereocenters. The van der Waals surface area contributed by atoms with Crippen LogP contribution in [0.15, 0.2) is 30.3 Å². The van der Waals surface area contributed by atoms with Crippen molar-refractivity contribution in [3.8, 4) is 0 Å². The van der Waals surface area contributed by atoms with E-state index in [2.05, 4.69) is 50.4 Å². The van der Waals surface area contributed by atoms with Gasteiger partial charge < -0.3 is 14.8 Å². The van der Waals surface area contributed by atoms with Crippen LogP contribution in [0.1, 0.15) is 38.8 Å². The molecule has 1 aromatic rings. The summed E-state index contributed by atoms with van der Waals surface area (Å²) >= 11 is 0. The van der Waals surface area contributed by atoms with E-state index in [0.29, 0.717) is 6.61 Å². The van der Waals surface area contributed by atoms with Gasteiger partial charge in [-0.15, -0.1) is 0 Å². The standard InChI is InChI=1S/C16H27NO2/c1-13(19-12-11-16(2,3)18-5)15(17-4)14-9-7-6-8-10-14/h6-10,13,15,17H,11-12H2,1-5H3. The van der Waals surface area contributed by atoms with Crippen LogP contribution in [0.25, 0.3) is 0 Å². The van der Waals surface area contributed by atoms with Crippen LogP contribution in [0.4, 0.5) is 0 Å². The van der Waals surface area contributed by atoms with Crippen LogP contribution < -0.4 is 5.32 Å². The van der Waals surface area contributed by atoms with Crippen molar-refractivity contribution in [1.29, 1.82) is 0 Å². The van der Waals surface area contributed by atoms with Gasteiger partial charge in [-0.2, -0.15) is 0 Å². The third kappa shape index (κ3) is 5.31. The Labute approximate surface area is 117 Å².